The number of thioether (sulfide) groups is 1. The molecule has 0 saturated heterocycles. The number of hydrogen-bond acceptors (Lipinski definition) is 4. The fourth-order valence-corrected chi connectivity index (χ4v) is 4.57. The lowest BCUT2D eigenvalue weighted by atomic mass is 10.1. The Kier molecular flexibility index (Phi) is 6.60. The van der Waals surface area contributed by atoms with Crippen LogP contribution in [0.3, 0.4) is 0 Å². The summed E-state index contributed by atoms with van der Waals surface area (Å²) in [4.78, 5) is 17.3. The standard InChI is InChI=1S/C23H21Cl2N5OS/c1-14-22(15(2)29(3)28-14)27-20(31)13-32-23-26-12-19(16-8-5-4-6-9-16)30(23)18-11-7-10-17(24)21(18)25/h4-12H,13H2,1-3H3,(H,27,31). The number of nitrogens with one attached hydrogen (secondary N) is 1. The van der Waals surface area contributed by atoms with Crippen molar-refractivity contribution in [2.45, 2.75) is 19.0 Å². The number of rotatable bonds is 6. The van der Waals surface area contributed by atoms with Crippen molar-refractivity contribution in [3.63, 3.8) is 0 Å². The van der Waals surface area contributed by atoms with Gasteiger partial charge in [-0.05, 0) is 26.0 Å². The van der Waals surface area contributed by atoms with Crippen LogP contribution in [0.2, 0.25) is 10.0 Å². The van der Waals surface area contributed by atoms with Crippen molar-refractivity contribution in [1.29, 1.82) is 0 Å². The van der Waals surface area contributed by atoms with Crippen molar-refractivity contribution in [3.05, 3.63) is 76.2 Å². The maximum atomic E-state index is 12.7. The van der Waals surface area contributed by atoms with Gasteiger partial charge in [0.1, 0.15) is 0 Å². The first-order valence-corrected chi connectivity index (χ1v) is 11.6. The normalized spacial score (nSPS) is 11.0. The highest BCUT2D eigenvalue weighted by Crippen LogP contribution is 2.35. The van der Waals surface area contributed by atoms with E-state index in [0.717, 1.165) is 28.3 Å². The predicted molar refractivity (Wildman–Crippen MR) is 131 cm³/mol. The van der Waals surface area contributed by atoms with E-state index in [9.17, 15) is 4.79 Å². The molecule has 0 fully saturated rings. The third-order valence-electron chi connectivity index (χ3n) is 5.08. The fraction of sp³-hybridized carbons (Fsp3) is 0.174. The second kappa shape index (κ2) is 9.40. The average molecular weight is 486 g/mol. The van der Waals surface area contributed by atoms with Crippen LogP contribution in [-0.4, -0.2) is 31.0 Å². The summed E-state index contributed by atoms with van der Waals surface area (Å²) in [6.45, 7) is 3.79. The summed E-state index contributed by atoms with van der Waals surface area (Å²) >= 11 is 14.2. The van der Waals surface area contributed by atoms with E-state index >= 15 is 0 Å². The third-order valence-corrected chi connectivity index (χ3v) is 6.84. The van der Waals surface area contributed by atoms with Gasteiger partial charge >= 0.3 is 0 Å². The second-order valence-electron chi connectivity index (χ2n) is 7.21. The number of carbonyl (C=O) groups is 1. The SMILES string of the molecule is Cc1nn(C)c(C)c1NC(=O)CSc1ncc(-c2ccccc2)n1-c1cccc(Cl)c1Cl. The Hall–Kier alpha value is -2.74. The average Bonchev–Trinajstić information content (AvgIpc) is 3.31. The van der Waals surface area contributed by atoms with Crippen LogP contribution in [0.5, 0.6) is 0 Å². The minimum absolute atomic E-state index is 0.137. The molecule has 0 radical (unpaired) electrons. The Bertz CT molecular complexity index is 1280. The van der Waals surface area contributed by atoms with Gasteiger partial charge < -0.3 is 5.32 Å². The number of aryl methyl sites for hydroxylation is 2. The number of aromatic nitrogens is 4. The first-order chi connectivity index (χ1) is 15.4. The zero-order valence-corrected chi connectivity index (χ0v) is 20.1. The first kappa shape index (κ1) is 22.5. The zero-order chi connectivity index (χ0) is 22.8. The molecular weight excluding hydrogens is 465 g/mol. The molecule has 2 heterocycles. The molecule has 0 spiro atoms. The van der Waals surface area contributed by atoms with E-state index in [1.165, 1.54) is 11.8 Å². The van der Waals surface area contributed by atoms with Gasteiger partial charge in [-0.3, -0.25) is 14.0 Å². The van der Waals surface area contributed by atoms with Crippen LogP contribution in [0.1, 0.15) is 11.4 Å². The highest BCUT2D eigenvalue weighted by Gasteiger charge is 2.19. The lowest BCUT2D eigenvalue weighted by molar-refractivity contribution is -0.113. The maximum Gasteiger partial charge on any atom is 0.234 e. The summed E-state index contributed by atoms with van der Waals surface area (Å²) in [7, 11) is 1.85. The molecule has 0 saturated carbocycles. The lowest BCUT2D eigenvalue weighted by Gasteiger charge is -2.14. The number of benzene rings is 2. The molecule has 1 amide bonds. The van der Waals surface area contributed by atoms with E-state index in [1.807, 2.05) is 67.9 Å². The Balaban J connectivity index is 1.65. The number of halogens is 2. The van der Waals surface area contributed by atoms with E-state index in [4.69, 9.17) is 23.2 Å². The van der Waals surface area contributed by atoms with E-state index < -0.39 is 0 Å². The van der Waals surface area contributed by atoms with Gasteiger partial charge in [-0.15, -0.1) is 0 Å². The minimum Gasteiger partial charge on any atom is -0.322 e. The van der Waals surface area contributed by atoms with Crippen LogP contribution in [0.15, 0.2) is 59.9 Å². The van der Waals surface area contributed by atoms with Gasteiger partial charge in [0.2, 0.25) is 5.91 Å². The number of amides is 1. The second-order valence-corrected chi connectivity index (χ2v) is 8.93. The summed E-state index contributed by atoms with van der Waals surface area (Å²) in [5, 5.41) is 8.82. The van der Waals surface area contributed by atoms with Crippen molar-refractivity contribution in [2.24, 2.45) is 7.05 Å². The number of carbonyl (C=O) groups excluding carboxylic acids is 1. The van der Waals surface area contributed by atoms with Gasteiger partial charge in [0.15, 0.2) is 5.16 Å². The summed E-state index contributed by atoms with van der Waals surface area (Å²) in [6.07, 6.45) is 1.78. The van der Waals surface area contributed by atoms with E-state index in [-0.39, 0.29) is 11.7 Å². The fourth-order valence-electron chi connectivity index (χ4n) is 3.41. The van der Waals surface area contributed by atoms with E-state index in [1.54, 1.807) is 16.9 Å². The van der Waals surface area contributed by atoms with Crippen molar-refractivity contribution in [3.8, 4) is 16.9 Å². The minimum atomic E-state index is -0.137. The smallest absolute Gasteiger partial charge is 0.234 e. The molecular formula is C23H21Cl2N5OS. The Morgan fingerprint density at radius 1 is 1.09 bits per heavy atom. The lowest BCUT2D eigenvalue weighted by Crippen LogP contribution is -2.15. The van der Waals surface area contributed by atoms with Crippen LogP contribution < -0.4 is 5.32 Å². The van der Waals surface area contributed by atoms with Gasteiger partial charge in [-0.2, -0.15) is 5.10 Å². The van der Waals surface area contributed by atoms with E-state index in [2.05, 4.69) is 15.4 Å². The molecule has 32 heavy (non-hydrogen) atoms. The first-order valence-electron chi connectivity index (χ1n) is 9.87. The Labute approximate surface area is 200 Å². The van der Waals surface area contributed by atoms with Gasteiger partial charge in [-0.25, -0.2) is 4.98 Å². The molecule has 0 bridgehead atoms. The summed E-state index contributed by atoms with van der Waals surface area (Å²) < 4.78 is 3.68. The van der Waals surface area contributed by atoms with Crippen LogP contribution in [0.4, 0.5) is 5.69 Å². The zero-order valence-electron chi connectivity index (χ0n) is 17.8. The predicted octanol–water partition coefficient (Wildman–Crippen LogP) is 5.93. The highest BCUT2D eigenvalue weighted by atomic mass is 35.5. The summed E-state index contributed by atoms with van der Waals surface area (Å²) in [5.41, 5.74) is 4.97. The molecule has 4 rings (SSSR count). The molecule has 0 aliphatic carbocycles. The number of imidazole rings is 1. The molecule has 2 aromatic heterocycles. The van der Waals surface area contributed by atoms with Crippen LogP contribution >= 0.6 is 35.0 Å². The van der Waals surface area contributed by atoms with E-state index in [0.29, 0.717) is 20.9 Å². The Morgan fingerprint density at radius 3 is 2.53 bits per heavy atom. The van der Waals surface area contributed by atoms with Gasteiger partial charge in [0.25, 0.3) is 0 Å². The molecule has 4 aromatic rings. The molecule has 0 unspecified atom stereocenters. The number of hydrogen-bond donors (Lipinski definition) is 1. The topological polar surface area (TPSA) is 64.7 Å². The molecule has 6 nitrogen and oxygen atoms in total. The van der Waals surface area contributed by atoms with Crippen molar-refractivity contribution in [2.75, 3.05) is 11.1 Å². The maximum absolute atomic E-state index is 12.7. The quantitative estimate of drug-likeness (QED) is 0.343. The van der Waals surface area contributed by atoms with Crippen molar-refractivity contribution < 1.29 is 4.79 Å². The molecule has 0 aliphatic rings. The molecule has 0 aliphatic heterocycles. The largest absolute Gasteiger partial charge is 0.322 e. The van der Waals surface area contributed by atoms with Crippen LogP contribution in [0.25, 0.3) is 16.9 Å². The summed E-state index contributed by atoms with van der Waals surface area (Å²) in [5.74, 6) is 0.0409. The molecule has 9 heteroatoms. The van der Waals surface area contributed by atoms with Gasteiger partial charge in [0.05, 0.1) is 50.5 Å². The third kappa shape index (κ3) is 4.41. The molecule has 164 valence electrons. The molecule has 0 atom stereocenters. The van der Waals surface area contributed by atoms with Gasteiger partial charge in [-0.1, -0.05) is 71.4 Å². The van der Waals surface area contributed by atoms with Crippen LogP contribution in [0, 0.1) is 13.8 Å². The van der Waals surface area contributed by atoms with Crippen LogP contribution in [-0.2, 0) is 11.8 Å². The molecule has 1 N–H and O–H groups in total. The monoisotopic (exact) mass is 485 g/mol. The van der Waals surface area contributed by atoms with Crippen molar-refractivity contribution >= 4 is 46.6 Å². The summed E-state index contributed by atoms with van der Waals surface area (Å²) in [6, 6.07) is 15.4. The van der Waals surface area contributed by atoms with Gasteiger partial charge in [0, 0.05) is 12.6 Å². The molecule has 2 aromatic carbocycles. The Morgan fingerprint density at radius 2 is 1.84 bits per heavy atom. The highest BCUT2D eigenvalue weighted by molar-refractivity contribution is 7.99. The van der Waals surface area contributed by atoms with Crippen molar-refractivity contribution in [1.82, 2.24) is 19.3 Å². The number of anilines is 1. The number of nitrogens with zero attached hydrogens (tertiary/aromatic N) is 4.